The Kier molecular flexibility index (Phi) is 7.83. The Bertz CT molecular complexity index is 1130. The van der Waals surface area contributed by atoms with Gasteiger partial charge in [-0.2, -0.15) is 4.31 Å². The van der Waals surface area contributed by atoms with Crippen LogP contribution in [0.25, 0.3) is 0 Å². The maximum absolute atomic E-state index is 13.2. The number of esters is 1. The van der Waals surface area contributed by atoms with Crippen molar-refractivity contribution in [1.82, 2.24) is 4.31 Å². The molecule has 0 bridgehead atoms. The summed E-state index contributed by atoms with van der Waals surface area (Å²) in [7, 11) is -3.95. The molecule has 10 heteroatoms. The van der Waals surface area contributed by atoms with Gasteiger partial charge in [0.2, 0.25) is 10.0 Å². The van der Waals surface area contributed by atoms with E-state index in [1.54, 1.807) is 24.3 Å². The number of Topliss-reactive ketones (excluding diaryl/α,β-unsaturated/α-hetero) is 1. The first-order valence-corrected chi connectivity index (χ1v) is 11.9. The smallest absolute Gasteiger partial charge is 0.324 e. The molecule has 0 aliphatic carbocycles. The van der Waals surface area contributed by atoms with Crippen molar-refractivity contribution >= 4 is 27.7 Å². The molecular weight excluding hydrogens is 448 g/mol. The van der Waals surface area contributed by atoms with Gasteiger partial charge in [0.05, 0.1) is 4.90 Å². The molecule has 0 radical (unpaired) electrons. The quantitative estimate of drug-likeness (QED) is 0.434. The fourth-order valence-electron chi connectivity index (χ4n) is 3.56. The molecule has 9 nitrogen and oxygen atoms in total. The third-order valence-electron chi connectivity index (χ3n) is 5.25. The molecular formula is C23H26N2O7S. The van der Waals surface area contributed by atoms with E-state index in [0.29, 0.717) is 36.1 Å². The number of hydrogen-bond donors (Lipinski definition) is 1. The number of piperidine rings is 1. The average Bonchev–Trinajstić information content (AvgIpc) is 2.81. The van der Waals surface area contributed by atoms with E-state index in [4.69, 9.17) is 15.2 Å². The lowest BCUT2D eigenvalue weighted by atomic mass is 10.1. The highest BCUT2D eigenvalue weighted by Gasteiger charge is 2.38. The third kappa shape index (κ3) is 6.17. The number of ether oxygens (including phenoxy) is 2. The second kappa shape index (κ2) is 10.6. The van der Waals surface area contributed by atoms with Gasteiger partial charge in [0.1, 0.15) is 18.4 Å². The molecule has 1 aliphatic rings. The van der Waals surface area contributed by atoms with Crippen LogP contribution in [0.2, 0.25) is 0 Å². The van der Waals surface area contributed by atoms with Crippen LogP contribution in [-0.2, 0) is 31.0 Å². The number of nitrogens with two attached hydrogens (primary N) is 1. The monoisotopic (exact) mass is 474 g/mol. The number of carbonyl (C=O) groups is 3. The van der Waals surface area contributed by atoms with E-state index >= 15 is 0 Å². The number of benzene rings is 2. The van der Waals surface area contributed by atoms with Crippen LogP contribution in [-0.4, -0.2) is 49.6 Å². The number of ketones is 1. The Labute approximate surface area is 192 Å². The molecule has 1 aliphatic heterocycles. The van der Waals surface area contributed by atoms with Crippen LogP contribution in [0.1, 0.15) is 42.1 Å². The first-order valence-electron chi connectivity index (χ1n) is 10.5. The summed E-state index contributed by atoms with van der Waals surface area (Å²) in [6, 6.07) is 11.4. The van der Waals surface area contributed by atoms with Crippen molar-refractivity contribution in [3.63, 3.8) is 0 Å². The van der Waals surface area contributed by atoms with Crippen LogP contribution in [0.5, 0.6) is 5.75 Å². The van der Waals surface area contributed by atoms with E-state index in [2.05, 4.69) is 0 Å². The summed E-state index contributed by atoms with van der Waals surface area (Å²) < 4.78 is 38.3. The normalized spacial score (nSPS) is 16.7. The molecule has 2 aromatic rings. The summed E-state index contributed by atoms with van der Waals surface area (Å²) in [5, 5.41) is 0. The lowest BCUT2D eigenvalue weighted by molar-refractivity contribution is -0.150. The van der Waals surface area contributed by atoms with Crippen molar-refractivity contribution in [1.29, 1.82) is 0 Å². The molecule has 0 spiro atoms. The Morgan fingerprint density at radius 2 is 1.82 bits per heavy atom. The molecule has 1 saturated heterocycles. The zero-order chi connectivity index (χ0) is 24.0. The van der Waals surface area contributed by atoms with Gasteiger partial charge < -0.3 is 15.2 Å². The second-order valence-electron chi connectivity index (χ2n) is 7.72. The first kappa shape index (κ1) is 24.4. The van der Waals surface area contributed by atoms with E-state index in [0.717, 1.165) is 0 Å². The Balaban J connectivity index is 1.70. The van der Waals surface area contributed by atoms with Crippen molar-refractivity contribution in [3.05, 3.63) is 59.7 Å². The summed E-state index contributed by atoms with van der Waals surface area (Å²) in [5.41, 5.74) is 6.10. The van der Waals surface area contributed by atoms with Gasteiger partial charge in [-0.15, -0.1) is 0 Å². The predicted octanol–water partition coefficient (Wildman–Crippen LogP) is 2.04. The van der Waals surface area contributed by atoms with Crippen LogP contribution < -0.4 is 10.5 Å². The SMILES string of the molecule is CC(=O)c1ccc(S(=O)(=O)N2CCCCC2C(=O)OCc2cccc(OCC(N)=O)c2)cc1. The van der Waals surface area contributed by atoms with E-state index in [9.17, 15) is 22.8 Å². The largest absolute Gasteiger partial charge is 0.484 e. The highest BCUT2D eigenvalue weighted by molar-refractivity contribution is 7.89. The maximum atomic E-state index is 13.2. The van der Waals surface area contributed by atoms with Gasteiger partial charge in [0.15, 0.2) is 12.4 Å². The minimum Gasteiger partial charge on any atom is -0.484 e. The van der Waals surface area contributed by atoms with Gasteiger partial charge in [-0.3, -0.25) is 14.4 Å². The van der Waals surface area contributed by atoms with Crippen molar-refractivity contribution in [2.24, 2.45) is 5.73 Å². The topological polar surface area (TPSA) is 133 Å². The van der Waals surface area contributed by atoms with Gasteiger partial charge in [-0.05, 0) is 56.0 Å². The van der Waals surface area contributed by atoms with Gasteiger partial charge in [0.25, 0.3) is 5.91 Å². The van der Waals surface area contributed by atoms with Crippen LogP contribution in [0.4, 0.5) is 0 Å². The molecule has 1 fully saturated rings. The Morgan fingerprint density at radius 3 is 2.48 bits per heavy atom. The predicted molar refractivity (Wildman–Crippen MR) is 119 cm³/mol. The highest BCUT2D eigenvalue weighted by Crippen LogP contribution is 2.27. The fourth-order valence-corrected chi connectivity index (χ4v) is 5.20. The van der Waals surface area contributed by atoms with Crippen molar-refractivity contribution in [3.8, 4) is 5.75 Å². The fraction of sp³-hybridized carbons (Fsp3) is 0.348. The van der Waals surface area contributed by atoms with Crippen LogP contribution >= 0.6 is 0 Å². The number of nitrogens with zero attached hydrogens (tertiary/aromatic N) is 1. The maximum Gasteiger partial charge on any atom is 0.324 e. The van der Waals surface area contributed by atoms with Gasteiger partial charge in [-0.25, -0.2) is 8.42 Å². The summed E-state index contributed by atoms with van der Waals surface area (Å²) in [6.07, 6.45) is 1.69. The second-order valence-corrected chi connectivity index (χ2v) is 9.61. The number of primary amides is 1. The zero-order valence-electron chi connectivity index (χ0n) is 18.2. The van der Waals surface area contributed by atoms with Crippen molar-refractivity contribution in [2.45, 2.75) is 43.7 Å². The van der Waals surface area contributed by atoms with Crippen LogP contribution in [0.3, 0.4) is 0 Å². The number of sulfonamides is 1. The molecule has 2 aromatic carbocycles. The Morgan fingerprint density at radius 1 is 1.09 bits per heavy atom. The molecule has 0 aromatic heterocycles. The molecule has 176 valence electrons. The van der Waals surface area contributed by atoms with Gasteiger partial charge in [0, 0.05) is 12.1 Å². The minimum absolute atomic E-state index is 0.0199. The van der Waals surface area contributed by atoms with Gasteiger partial charge in [-0.1, -0.05) is 24.3 Å². The lowest BCUT2D eigenvalue weighted by Crippen LogP contribution is -2.48. The average molecular weight is 475 g/mol. The highest BCUT2D eigenvalue weighted by atomic mass is 32.2. The number of hydrogen-bond acceptors (Lipinski definition) is 7. The molecule has 1 amide bonds. The molecule has 33 heavy (non-hydrogen) atoms. The van der Waals surface area contributed by atoms with E-state index in [1.165, 1.54) is 35.5 Å². The summed E-state index contributed by atoms with van der Waals surface area (Å²) in [6.45, 7) is 1.25. The van der Waals surface area contributed by atoms with E-state index in [-0.39, 0.29) is 30.4 Å². The number of rotatable bonds is 9. The van der Waals surface area contributed by atoms with E-state index in [1.807, 2.05) is 0 Å². The molecule has 1 unspecified atom stereocenters. The summed E-state index contributed by atoms with van der Waals surface area (Å²) in [5.74, 6) is -1.01. The van der Waals surface area contributed by atoms with Crippen molar-refractivity contribution in [2.75, 3.05) is 13.2 Å². The van der Waals surface area contributed by atoms with Gasteiger partial charge >= 0.3 is 5.97 Å². The number of amides is 1. The van der Waals surface area contributed by atoms with Crippen LogP contribution in [0.15, 0.2) is 53.4 Å². The van der Waals surface area contributed by atoms with Crippen molar-refractivity contribution < 1.29 is 32.3 Å². The standard InChI is InChI=1S/C23H26N2O7S/c1-16(26)18-8-10-20(11-9-18)33(29,30)25-12-3-2-7-21(25)23(28)32-14-17-5-4-6-19(13-17)31-15-22(24)27/h4-6,8-11,13,21H,2-3,7,12,14-15H2,1H3,(H2,24,27). The molecule has 3 rings (SSSR count). The zero-order valence-corrected chi connectivity index (χ0v) is 19.0. The first-order chi connectivity index (χ1) is 15.7. The molecule has 1 heterocycles. The number of carbonyl (C=O) groups excluding carboxylic acids is 3. The molecule has 2 N–H and O–H groups in total. The molecule has 0 saturated carbocycles. The molecule has 1 atom stereocenters. The van der Waals surface area contributed by atoms with E-state index < -0.39 is 27.9 Å². The summed E-state index contributed by atoms with van der Waals surface area (Å²) in [4.78, 5) is 35.2. The third-order valence-corrected chi connectivity index (χ3v) is 7.18. The Hall–Kier alpha value is -3.24. The van der Waals surface area contributed by atoms with Crippen LogP contribution in [0, 0.1) is 0 Å². The lowest BCUT2D eigenvalue weighted by Gasteiger charge is -2.33. The minimum atomic E-state index is -3.95. The summed E-state index contributed by atoms with van der Waals surface area (Å²) >= 11 is 0.